The Hall–Kier alpha value is -1.68. The molecule has 15 heavy (non-hydrogen) atoms. The minimum Gasteiger partial charge on any atom is -0.383 e. The Morgan fingerprint density at radius 2 is 2.00 bits per heavy atom. The van der Waals surface area contributed by atoms with E-state index in [4.69, 9.17) is 4.74 Å². The zero-order chi connectivity index (χ0) is 10.8. The van der Waals surface area contributed by atoms with Crippen LogP contribution in [0.5, 0.6) is 0 Å². The standard InChI is InChI=1S/C11H11NO3/c1-15-7-6-12-9-5-3-2-4-8(9)10(13)11(12)14/h2-5H,6-7H2,1H3. The van der Waals surface area contributed by atoms with Crippen molar-refractivity contribution in [2.45, 2.75) is 0 Å². The van der Waals surface area contributed by atoms with E-state index in [-0.39, 0.29) is 0 Å². The average molecular weight is 205 g/mol. The van der Waals surface area contributed by atoms with Gasteiger partial charge in [0.25, 0.3) is 11.7 Å². The van der Waals surface area contributed by atoms with Gasteiger partial charge in [0.15, 0.2) is 0 Å². The van der Waals surface area contributed by atoms with Gasteiger partial charge in [0, 0.05) is 13.7 Å². The number of anilines is 1. The molecule has 1 aromatic rings. The van der Waals surface area contributed by atoms with Gasteiger partial charge in [-0.1, -0.05) is 12.1 Å². The third-order valence-electron chi connectivity index (χ3n) is 2.40. The van der Waals surface area contributed by atoms with Crippen LogP contribution in [-0.2, 0) is 9.53 Å². The SMILES string of the molecule is COCCN1C(=O)C(=O)c2ccccc21. The number of fused-ring (bicyclic) bond motifs is 1. The number of carbonyl (C=O) groups excluding carboxylic acids is 2. The van der Waals surface area contributed by atoms with Gasteiger partial charge in [0.2, 0.25) is 0 Å². The fraction of sp³-hybridized carbons (Fsp3) is 0.273. The molecular formula is C11H11NO3. The smallest absolute Gasteiger partial charge is 0.299 e. The minimum absolute atomic E-state index is 0.415. The summed E-state index contributed by atoms with van der Waals surface area (Å²) in [6.45, 7) is 0.839. The zero-order valence-corrected chi connectivity index (χ0v) is 8.40. The minimum atomic E-state index is -0.465. The summed E-state index contributed by atoms with van der Waals surface area (Å²) in [7, 11) is 1.56. The summed E-state index contributed by atoms with van der Waals surface area (Å²) in [6, 6.07) is 7.00. The summed E-state index contributed by atoms with van der Waals surface area (Å²) in [5.74, 6) is -0.894. The molecule has 0 saturated heterocycles. The first kappa shape index (κ1) is 9.86. The molecule has 0 N–H and O–H groups in total. The van der Waals surface area contributed by atoms with Gasteiger partial charge in [-0.15, -0.1) is 0 Å². The maximum absolute atomic E-state index is 11.6. The van der Waals surface area contributed by atoms with Crippen LogP contribution in [0.1, 0.15) is 10.4 Å². The van der Waals surface area contributed by atoms with Crippen molar-refractivity contribution in [1.29, 1.82) is 0 Å². The van der Waals surface area contributed by atoms with Crippen molar-refractivity contribution in [2.24, 2.45) is 0 Å². The molecular weight excluding hydrogens is 194 g/mol. The first-order valence-electron chi connectivity index (χ1n) is 4.70. The van der Waals surface area contributed by atoms with Crippen molar-refractivity contribution >= 4 is 17.4 Å². The second-order valence-electron chi connectivity index (χ2n) is 3.30. The highest BCUT2D eigenvalue weighted by Gasteiger charge is 2.34. The molecule has 1 aromatic carbocycles. The number of ether oxygens (including phenoxy) is 1. The van der Waals surface area contributed by atoms with E-state index in [9.17, 15) is 9.59 Å². The molecule has 0 bridgehead atoms. The van der Waals surface area contributed by atoms with Crippen LogP contribution in [-0.4, -0.2) is 32.0 Å². The lowest BCUT2D eigenvalue weighted by Gasteiger charge is -2.15. The van der Waals surface area contributed by atoms with E-state index in [0.717, 1.165) is 0 Å². The third-order valence-corrected chi connectivity index (χ3v) is 2.40. The Kier molecular flexibility index (Phi) is 2.51. The molecule has 0 radical (unpaired) electrons. The highest BCUT2D eigenvalue weighted by molar-refractivity contribution is 6.52. The second-order valence-corrected chi connectivity index (χ2v) is 3.30. The Bertz CT molecular complexity index is 414. The fourth-order valence-corrected chi connectivity index (χ4v) is 1.65. The van der Waals surface area contributed by atoms with Crippen molar-refractivity contribution < 1.29 is 14.3 Å². The third kappa shape index (κ3) is 1.53. The van der Waals surface area contributed by atoms with Gasteiger partial charge in [0.05, 0.1) is 17.9 Å². The van der Waals surface area contributed by atoms with Gasteiger partial charge in [-0.05, 0) is 12.1 Å². The average Bonchev–Trinajstić information content (AvgIpc) is 2.51. The van der Waals surface area contributed by atoms with Gasteiger partial charge in [0.1, 0.15) is 0 Å². The van der Waals surface area contributed by atoms with Gasteiger partial charge < -0.3 is 9.64 Å². The quantitative estimate of drug-likeness (QED) is 0.687. The van der Waals surface area contributed by atoms with Crippen LogP contribution in [0.2, 0.25) is 0 Å². The van der Waals surface area contributed by atoms with Crippen molar-refractivity contribution in [1.82, 2.24) is 0 Å². The summed E-state index contributed by atoms with van der Waals surface area (Å²) < 4.78 is 4.90. The number of ketones is 1. The Balaban J connectivity index is 2.34. The van der Waals surface area contributed by atoms with Gasteiger partial charge in [-0.2, -0.15) is 0 Å². The Labute approximate surface area is 87.4 Å². The van der Waals surface area contributed by atoms with Crippen molar-refractivity contribution in [3.63, 3.8) is 0 Å². The van der Waals surface area contributed by atoms with Crippen LogP contribution >= 0.6 is 0 Å². The number of methoxy groups -OCH3 is 1. The molecule has 0 saturated carbocycles. The molecule has 1 heterocycles. The van der Waals surface area contributed by atoms with Crippen LogP contribution < -0.4 is 4.90 Å². The molecule has 4 nitrogen and oxygen atoms in total. The Morgan fingerprint density at radius 3 is 2.73 bits per heavy atom. The predicted molar refractivity (Wildman–Crippen MR) is 55.0 cm³/mol. The normalized spacial score (nSPS) is 14.6. The number of rotatable bonds is 3. The van der Waals surface area contributed by atoms with E-state index >= 15 is 0 Å². The van der Waals surface area contributed by atoms with E-state index in [0.29, 0.717) is 24.4 Å². The fourth-order valence-electron chi connectivity index (χ4n) is 1.65. The number of hydrogen-bond acceptors (Lipinski definition) is 3. The van der Waals surface area contributed by atoms with E-state index in [1.54, 1.807) is 25.3 Å². The van der Waals surface area contributed by atoms with Crippen LogP contribution in [0.15, 0.2) is 24.3 Å². The van der Waals surface area contributed by atoms with Crippen molar-refractivity contribution in [2.75, 3.05) is 25.2 Å². The number of hydrogen-bond donors (Lipinski definition) is 0. The molecule has 0 aromatic heterocycles. The lowest BCUT2D eigenvalue weighted by atomic mass is 10.1. The van der Waals surface area contributed by atoms with Crippen LogP contribution in [0.25, 0.3) is 0 Å². The first-order valence-corrected chi connectivity index (χ1v) is 4.70. The second kappa shape index (κ2) is 3.82. The molecule has 0 unspecified atom stereocenters. The van der Waals surface area contributed by atoms with Crippen LogP contribution in [0.4, 0.5) is 5.69 Å². The van der Waals surface area contributed by atoms with Crippen LogP contribution in [0.3, 0.4) is 0 Å². The lowest BCUT2D eigenvalue weighted by Crippen LogP contribution is -2.32. The van der Waals surface area contributed by atoms with Crippen molar-refractivity contribution in [3.8, 4) is 0 Å². The molecule has 0 spiro atoms. The number of nitrogens with zero attached hydrogens (tertiary/aromatic N) is 1. The molecule has 0 fully saturated rings. The largest absolute Gasteiger partial charge is 0.383 e. The topological polar surface area (TPSA) is 46.6 Å². The number of Topliss-reactive ketones (excluding diaryl/α,β-unsaturated/α-hetero) is 1. The van der Waals surface area contributed by atoms with E-state index in [2.05, 4.69) is 0 Å². The van der Waals surface area contributed by atoms with E-state index in [1.165, 1.54) is 4.90 Å². The van der Waals surface area contributed by atoms with Gasteiger partial charge in [-0.3, -0.25) is 9.59 Å². The summed E-state index contributed by atoms with van der Waals surface area (Å²) in [5, 5.41) is 0. The summed E-state index contributed by atoms with van der Waals surface area (Å²) in [4.78, 5) is 24.6. The summed E-state index contributed by atoms with van der Waals surface area (Å²) in [5.41, 5.74) is 1.17. The maximum atomic E-state index is 11.6. The molecule has 4 heteroatoms. The monoisotopic (exact) mass is 205 g/mol. The molecule has 1 aliphatic heterocycles. The number of carbonyl (C=O) groups is 2. The van der Waals surface area contributed by atoms with Crippen LogP contribution in [0, 0.1) is 0 Å². The number of para-hydroxylation sites is 1. The molecule has 1 amide bonds. The summed E-state index contributed by atoms with van der Waals surface area (Å²) in [6.07, 6.45) is 0. The number of amides is 1. The van der Waals surface area contributed by atoms with Gasteiger partial charge in [-0.25, -0.2) is 0 Å². The maximum Gasteiger partial charge on any atom is 0.299 e. The zero-order valence-electron chi connectivity index (χ0n) is 8.40. The molecule has 78 valence electrons. The molecule has 2 rings (SSSR count). The molecule has 0 atom stereocenters. The molecule has 0 aliphatic carbocycles. The lowest BCUT2D eigenvalue weighted by molar-refractivity contribution is -0.114. The predicted octanol–water partition coefficient (Wildman–Crippen LogP) is 0.862. The van der Waals surface area contributed by atoms with Gasteiger partial charge >= 0.3 is 0 Å². The highest BCUT2D eigenvalue weighted by atomic mass is 16.5. The van der Waals surface area contributed by atoms with E-state index < -0.39 is 11.7 Å². The van der Waals surface area contributed by atoms with Crippen molar-refractivity contribution in [3.05, 3.63) is 29.8 Å². The Morgan fingerprint density at radius 1 is 1.27 bits per heavy atom. The summed E-state index contributed by atoms with van der Waals surface area (Å²) >= 11 is 0. The highest BCUT2D eigenvalue weighted by Crippen LogP contribution is 2.27. The molecule has 1 aliphatic rings. The van der Waals surface area contributed by atoms with E-state index in [1.807, 2.05) is 6.07 Å². The first-order chi connectivity index (χ1) is 7.25. The number of benzene rings is 1.